The second kappa shape index (κ2) is 6.98. The number of aromatic amines is 2. The number of carbonyl (C=O) groups is 1. The number of rotatable bonds is 4. The summed E-state index contributed by atoms with van der Waals surface area (Å²) in [5.41, 5.74) is 6.02. The number of H-pyrrole nitrogens is 2. The number of fused-ring (bicyclic) bond motifs is 2. The highest BCUT2D eigenvalue weighted by molar-refractivity contribution is 5.94. The molecule has 9 heteroatoms. The molecular formula is C22H18N8O. The molecule has 6 rings (SSSR count). The van der Waals surface area contributed by atoms with Gasteiger partial charge < -0.3 is 10.3 Å². The summed E-state index contributed by atoms with van der Waals surface area (Å²) in [6.45, 7) is 0. The summed E-state index contributed by atoms with van der Waals surface area (Å²) in [6, 6.07) is 7.60. The molecule has 0 atom stereocenters. The number of pyridine rings is 3. The minimum Gasteiger partial charge on any atom is -0.336 e. The third-order valence-electron chi connectivity index (χ3n) is 5.69. The van der Waals surface area contributed by atoms with Crippen LogP contribution in [-0.4, -0.2) is 41.0 Å². The summed E-state index contributed by atoms with van der Waals surface area (Å²) in [4.78, 5) is 33.3. The second-order valence-electron chi connectivity index (χ2n) is 7.72. The fourth-order valence-electron chi connectivity index (χ4n) is 3.76. The summed E-state index contributed by atoms with van der Waals surface area (Å²) in [7, 11) is 0. The lowest BCUT2D eigenvalue weighted by Gasteiger charge is -2.24. The van der Waals surface area contributed by atoms with Crippen molar-refractivity contribution in [2.45, 2.75) is 19.3 Å². The molecule has 0 spiro atoms. The monoisotopic (exact) mass is 410 g/mol. The quantitative estimate of drug-likeness (QED) is 0.415. The largest absolute Gasteiger partial charge is 0.336 e. The van der Waals surface area contributed by atoms with Gasteiger partial charge in [0.1, 0.15) is 11.0 Å². The Morgan fingerprint density at radius 3 is 2.81 bits per heavy atom. The predicted molar refractivity (Wildman–Crippen MR) is 116 cm³/mol. The van der Waals surface area contributed by atoms with E-state index < -0.39 is 0 Å². The normalized spacial score (nSPS) is 14.1. The van der Waals surface area contributed by atoms with Gasteiger partial charge in [0.05, 0.1) is 34.8 Å². The van der Waals surface area contributed by atoms with E-state index in [1.165, 1.54) is 0 Å². The van der Waals surface area contributed by atoms with Crippen LogP contribution in [0, 0.1) is 5.92 Å². The van der Waals surface area contributed by atoms with Crippen molar-refractivity contribution in [3.05, 3.63) is 49.1 Å². The molecule has 5 aromatic heterocycles. The Morgan fingerprint density at radius 2 is 1.97 bits per heavy atom. The highest BCUT2D eigenvalue weighted by Gasteiger charge is 2.25. The van der Waals surface area contributed by atoms with Crippen LogP contribution in [0.3, 0.4) is 0 Å². The molecule has 1 aliphatic rings. The van der Waals surface area contributed by atoms with Crippen molar-refractivity contribution in [3.8, 4) is 22.8 Å². The van der Waals surface area contributed by atoms with Crippen molar-refractivity contribution in [1.82, 2.24) is 35.1 Å². The molecular weight excluding hydrogens is 392 g/mol. The molecule has 0 aliphatic heterocycles. The topological polar surface area (TPSA) is 125 Å². The second-order valence-corrected chi connectivity index (χ2v) is 7.72. The average molecular weight is 410 g/mol. The lowest BCUT2D eigenvalue weighted by atomic mass is 9.85. The van der Waals surface area contributed by atoms with Crippen LogP contribution in [0.2, 0.25) is 0 Å². The first-order valence-corrected chi connectivity index (χ1v) is 10.2. The molecule has 0 radical (unpaired) electrons. The Labute approximate surface area is 176 Å². The van der Waals surface area contributed by atoms with Crippen LogP contribution in [-0.2, 0) is 4.79 Å². The lowest BCUT2D eigenvalue weighted by Crippen LogP contribution is -2.28. The smallest absolute Gasteiger partial charge is 0.227 e. The molecule has 0 bridgehead atoms. The highest BCUT2D eigenvalue weighted by atomic mass is 16.1. The zero-order valence-electron chi connectivity index (χ0n) is 16.5. The number of imidazole rings is 1. The van der Waals surface area contributed by atoms with Gasteiger partial charge in [0.15, 0.2) is 11.5 Å². The van der Waals surface area contributed by atoms with E-state index in [-0.39, 0.29) is 11.8 Å². The molecule has 0 saturated heterocycles. The van der Waals surface area contributed by atoms with E-state index in [4.69, 9.17) is 4.98 Å². The van der Waals surface area contributed by atoms with Gasteiger partial charge in [-0.05, 0) is 37.1 Å². The van der Waals surface area contributed by atoms with E-state index in [1.807, 2.05) is 24.3 Å². The molecule has 1 saturated carbocycles. The lowest BCUT2D eigenvalue weighted by molar-refractivity contribution is -0.122. The molecule has 5 heterocycles. The summed E-state index contributed by atoms with van der Waals surface area (Å²) in [6.07, 6.45) is 9.85. The van der Waals surface area contributed by atoms with Crippen LogP contribution in [0.5, 0.6) is 0 Å². The third-order valence-corrected chi connectivity index (χ3v) is 5.69. The van der Waals surface area contributed by atoms with Gasteiger partial charge in [-0.1, -0.05) is 6.42 Å². The maximum atomic E-state index is 12.3. The van der Waals surface area contributed by atoms with E-state index in [9.17, 15) is 4.79 Å². The summed E-state index contributed by atoms with van der Waals surface area (Å²) in [5.74, 6) is 0.800. The Kier molecular flexibility index (Phi) is 3.98. The molecule has 5 aromatic rings. The number of nitrogens with zero attached hydrogens (tertiary/aromatic N) is 5. The maximum absolute atomic E-state index is 12.3. The van der Waals surface area contributed by atoms with Crippen molar-refractivity contribution in [2.24, 2.45) is 5.92 Å². The number of aromatic nitrogens is 7. The van der Waals surface area contributed by atoms with E-state index >= 15 is 0 Å². The highest BCUT2D eigenvalue weighted by Crippen LogP contribution is 2.30. The van der Waals surface area contributed by atoms with Crippen LogP contribution in [0.4, 0.5) is 5.69 Å². The van der Waals surface area contributed by atoms with Crippen molar-refractivity contribution < 1.29 is 4.79 Å². The zero-order valence-corrected chi connectivity index (χ0v) is 16.5. The van der Waals surface area contributed by atoms with E-state index in [1.54, 1.807) is 24.8 Å². The number of nitrogens with one attached hydrogen (secondary N) is 3. The van der Waals surface area contributed by atoms with Gasteiger partial charge in [0, 0.05) is 23.9 Å². The Bertz CT molecular complexity index is 1400. The van der Waals surface area contributed by atoms with Crippen molar-refractivity contribution in [2.75, 3.05) is 5.32 Å². The van der Waals surface area contributed by atoms with Crippen LogP contribution in [0.1, 0.15) is 19.3 Å². The van der Waals surface area contributed by atoms with Gasteiger partial charge in [-0.25, -0.2) is 9.97 Å². The van der Waals surface area contributed by atoms with E-state index in [0.29, 0.717) is 22.7 Å². The Hall–Kier alpha value is -4.14. The first kappa shape index (κ1) is 17.7. The van der Waals surface area contributed by atoms with Gasteiger partial charge in [0.2, 0.25) is 5.91 Å². The van der Waals surface area contributed by atoms with Crippen molar-refractivity contribution in [3.63, 3.8) is 0 Å². The third kappa shape index (κ3) is 3.10. The number of anilines is 1. The van der Waals surface area contributed by atoms with Crippen LogP contribution >= 0.6 is 0 Å². The van der Waals surface area contributed by atoms with Crippen molar-refractivity contribution in [1.29, 1.82) is 0 Å². The molecule has 3 N–H and O–H groups in total. The molecule has 1 fully saturated rings. The zero-order chi connectivity index (χ0) is 20.8. The Morgan fingerprint density at radius 1 is 1.03 bits per heavy atom. The van der Waals surface area contributed by atoms with Crippen molar-refractivity contribution >= 4 is 33.7 Å². The first-order valence-electron chi connectivity index (χ1n) is 10.2. The minimum atomic E-state index is 0.0603. The maximum Gasteiger partial charge on any atom is 0.227 e. The molecule has 1 amide bonds. The number of amides is 1. The molecule has 31 heavy (non-hydrogen) atoms. The molecule has 9 nitrogen and oxygen atoms in total. The number of carbonyl (C=O) groups excluding carboxylic acids is 1. The average Bonchev–Trinajstić information content (AvgIpc) is 3.36. The first-order chi connectivity index (χ1) is 15.2. The Balaban J connectivity index is 1.37. The molecule has 152 valence electrons. The van der Waals surface area contributed by atoms with Gasteiger partial charge in [0.25, 0.3) is 0 Å². The van der Waals surface area contributed by atoms with Gasteiger partial charge in [-0.2, -0.15) is 5.10 Å². The predicted octanol–water partition coefficient (Wildman–Crippen LogP) is 3.70. The fourth-order valence-corrected chi connectivity index (χ4v) is 3.76. The molecule has 0 unspecified atom stereocenters. The van der Waals surface area contributed by atoms with E-state index in [2.05, 4.69) is 35.5 Å². The minimum absolute atomic E-state index is 0.0603. The van der Waals surface area contributed by atoms with Gasteiger partial charge >= 0.3 is 0 Å². The summed E-state index contributed by atoms with van der Waals surface area (Å²) >= 11 is 0. The van der Waals surface area contributed by atoms with Crippen LogP contribution < -0.4 is 5.32 Å². The molecule has 0 aromatic carbocycles. The summed E-state index contributed by atoms with van der Waals surface area (Å²) < 4.78 is 0. The summed E-state index contributed by atoms with van der Waals surface area (Å²) in [5, 5.41) is 10.4. The van der Waals surface area contributed by atoms with Gasteiger partial charge in [-0.15, -0.1) is 0 Å². The fraction of sp³-hybridized carbons (Fsp3) is 0.182. The molecule has 1 aliphatic carbocycles. The van der Waals surface area contributed by atoms with Gasteiger partial charge in [-0.3, -0.25) is 19.9 Å². The van der Waals surface area contributed by atoms with Crippen LogP contribution in [0.15, 0.2) is 49.1 Å². The number of hydrogen-bond acceptors (Lipinski definition) is 6. The van der Waals surface area contributed by atoms with E-state index in [0.717, 1.165) is 47.1 Å². The van der Waals surface area contributed by atoms with Crippen LogP contribution in [0.25, 0.3) is 44.8 Å². The number of hydrogen-bond donors (Lipinski definition) is 3. The SMILES string of the molecule is O=C(Nc1cncc(-c2ccc3[nH]nc(-c4nc5cnccc5[nH]4)c3n2)c1)C1CCC1. The standard InChI is InChI=1S/C22H18N8O/c31-22(12-2-1-3-12)25-14-8-13(9-24-10-14)15-4-5-17-19(26-15)20(30-29-17)21-27-16-6-7-23-11-18(16)28-21/h4-12H,1-3H2,(H,25,31)(H,27,28)(H,29,30).